The van der Waals surface area contributed by atoms with E-state index in [-0.39, 0.29) is 33.4 Å². The monoisotopic (exact) mass is 495 g/mol. The minimum Gasteiger partial charge on any atom is -0.459 e. The second-order valence-corrected chi connectivity index (χ2v) is 10.1. The van der Waals surface area contributed by atoms with Gasteiger partial charge in [-0.25, -0.2) is 12.8 Å². The summed E-state index contributed by atoms with van der Waals surface area (Å²) in [6, 6.07) is 15.2. The fourth-order valence-electron chi connectivity index (χ4n) is 3.97. The van der Waals surface area contributed by atoms with Crippen LogP contribution in [0.3, 0.4) is 0 Å². The highest BCUT2D eigenvalue weighted by molar-refractivity contribution is 7.91. The molecule has 3 heterocycles. The number of amides is 1. The van der Waals surface area contributed by atoms with Crippen LogP contribution in [0.25, 0.3) is 11.5 Å². The number of aryl methyl sites for hydroxylation is 1. The number of furan rings is 1. The highest BCUT2D eigenvalue weighted by Gasteiger charge is 2.34. The molecule has 0 atom stereocenters. The molecular formula is C25H22FN3O5S. The number of carbonyl (C=O) groups excluding carboxylic acids is 1. The van der Waals surface area contributed by atoms with E-state index in [1.54, 1.807) is 28.0 Å². The molecule has 0 bridgehead atoms. The first-order valence-electron chi connectivity index (χ1n) is 11.0. The Hall–Kier alpha value is -3.92. The largest absolute Gasteiger partial charge is 0.459 e. The number of anilines is 1. The van der Waals surface area contributed by atoms with Gasteiger partial charge in [0.15, 0.2) is 5.76 Å². The number of sulfone groups is 1. The highest BCUT2D eigenvalue weighted by atomic mass is 32.2. The SMILES string of the molecule is Cc1cccc(-c2nc(S(=O)(=O)c3ccc(F)cc3)c(N3CCN(C(=O)c4ccco4)CC3)o2)c1. The average Bonchev–Trinajstić information content (AvgIpc) is 3.55. The molecule has 35 heavy (non-hydrogen) atoms. The van der Waals surface area contributed by atoms with Gasteiger partial charge in [0.05, 0.1) is 11.2 Å². The van der Waals surface area contributed by atoms with Crippen molar-refractivity contribution < 1.29 is 26.4 Å². The van der Waals surface area contributed by atoms with Gasteiger partial charge in [-0.15, -0.1) is 0 Å². The Labute approximate surface area is 201 Å². The Morgan fingerprint density at radius 1 is 1.00 bits per heavy atom. The zero-order chi connectivity index (χ0) is 24.6. The van der Waals surface area contributed by atoms with Crippen molar-refractivity contribution in [3.63, 3.8) is 0 Å². The number of benzene rings is 2. The molecule has 0 saturated carbocycles. The maximum Gasteiger partial charge on any atom is 0.289 e. The number of hydrogen-bond acceptors (Lipinski definition) is 7. The van der Waals surface area contributed by atoms with Crippen LogP contribution < -0.4 is 4.90 Å². The van der Waals surface area contributed by atoms with Gasteiger partial charge in [0, 0.05) is 31.7 Å². The Morgan fingerprint density at radius 3 is 2.40 bits per heavy atom. The molecule has 4 aromatic rings. The van der Waals surface area contributed by atoms with Gasteiger partial charge < -0.3 is 18.6 Å². The number of oxazole rings is 1. The molecule has 180 valence electrons. The average molecular weight is 496 g/mol. The summed E-state index contributed by atoms with van der Waals surface area (Å²) in [5, 5.41) is -0.244. The van der Waals surface area contributed by atoms with Crippen molar-refractivity contribution >= 4 is 21.6 Å². The molecule has 1 amide bonds. The summed E-state index contributed by atoms with van der Waals surface area (Å²) in [6.45, 7) is 3.27. The quantitative estimate of drug-likeness (QED) is 0.383. The van der Waals surface area contributed by atoms with E-state index in [0.29, 0.717) is 31.7 Å². The van der Waals surface area contributed by atoms with Crippen LogP contribution in [0.2, 0.25) is 0 Å². The van der Waals surface area contributed by atoms with E-state index in [1.807, 2.05) is 25.1 Å². The summed E-state index contributed by atoms with van der Waals surface area (Å²) in [6.07, 6.45) is 1.44. The summed E-state index contributed by atoms with van der Waals surface area (Å²) in [7, 11) is -4.11. The zero-order valence-corrected chi connectivity index (χ0v) is 19.7. The maximum absolute atomic E-state index is 13.5. The number of hydrogen-bond donors (Lipinski definition) is 0. The predicted octanol–water partition coefficient (Wildman–Crippen LogP) is 4.18. The Balaban J connectivity index is 1.50. The first-order valence-corrected chi connectivity index (χ1v) is 12.5. The second kappa shape index (κ2) is 9.03. The van der Waals surface area contributed by atoms with Gasteiger partial charge in [0.25, 0.3) is 5.91 Å². The first-order chi connectivity index (χ1) is 16.8. The normalized spacial score (nSPS) is 14.3. The van der Waals surface area contributed by atoms with E-state index in [9.17, 15) is 17.6 Å². The van der Waals surface area contributed by atoms with Crippen LogP contribution in [0.5, 0.6) is 0 Å². The van der Waals surface area contributed by atoms with Gasteiger partial charge in [0.1, 0.15) is 5.82 Å². The van der Waals surface area contributed by atoms with E-state index in [0.717, 1.165) is 17.7 Å². The van der Waals surface area contributed by atoms with Gasteiger partial charge in [-0.2, -0.15) is 4.98 Å². The van der Waals surface area contributed by atoms with Crippen LogP contribution in [0.4, 0.5) is 10.3 Å². The number of aromatic nitrogens is 1. The molecule has 1 fully saturated rings. The van der Waals surface area contributed by atoms with Crippen LogP contribution in [0.1, 0.15) is 16.1 Å². The summed E-state index contributed by atoms with van der Waals surface area (Å²) < 4.78 is 51.7. The van der Waals surface area contributed by atoms with Crippen molar-refractivity contribution in [2.75, 3.05) is 31.1 Å². The molecule has 8 nitrogen and oxygen atoms in total. The molecule has 0 unspecified atom stereocenters. The number of nitrogens with zero attached hydrogens (tertiary/aromatic N) is 3. The molecule has 1 aliphatic rings. The molecule has 1 saturated heterocycles. The molecule has 0 radical (unpaired) electrons. The third-order valence-electron chi connectivity index (χ3n) is 5.81. The Bertz CT molecular complexity index is 1460. The third kappa shape index (κ3) is 4.44. The van der Waals surface area contributed by atoms with Gasteiger partial charge >= 0.3 is 0 Å². The van der Waals surface area contributed by atoms with Crippen molar-refractivity contribution in [2.24, 2.45) is 0 Å². The van der Waals surface area contributed by atoms with E-state index in [1.165, 1.54) is 18.4 Å². The lowest BCUT2D eigenvalue weighted by molar-refractivity contribution is 0.0713. The van der Waals surface area contributed by atoms with Crippen LogP contribution in [0.15, 0.2) is 85.7 Å². The first kappa shape index (κ1) is 22.9. The van der Waals surface area contributed by atoms with E-state index >= 15 is 0 Å². The van der Waals surface area contributed by atoms with Gasteiger partial charge in [-0.05, 0) is 55.5 Å². The minimum atomic E-state index is -4.11. The minimum absolute atomic E-state index is 0.0872. The van der Waals surface area contributed by atoms with Crippen molar-refractivity contribution in [3.8, 4) is 11.5 Å². The lowest BCUT2D eigenvalue weighted by atomic mass is 10.1. The number of carbonyl (C=O) groups is 1. The molecule has 0 spiro atoms. The zero-order valence-electron chi connectivity index (χ0n) is 18.8. The second-order valence-electron chi connectivity index (χ2n) is 8.21. The van der Waals surface area contributed by atoms with Gasteiger partial charge in [-0.1, -0.05) is 17.7 Å². The van der Waals surface area contributed by atoms with Crippen molar-refractivity contribution in [2.45, 2.75) is 16.8 Å². The number of halogens is 1. The molecule has 0 aliphatic carbocycles. The standard InChI is InChI=1S/C25H22FN3O5S/c1-17-4-2-5-18(16-17)22-27-23(35(31,32)20-9-7-19(26)8-10-20)25(34-22)29-13-11-28(12-14-29)24(30)21-6-3-15-33-21/h2-10,15-16H,11-14H2,1H3. The Morgan fingerprint density at radius 2 is 1.74 bits per heavy atom. The van der Waals surface area contributed by atoms with Crippen molar-refractivity contribution in [1.29, 1.82) is 0 Å². The number of rotatable bonds is 5. The maximum atomic E-state index is 13.5. The molecule has 2 aromatic carbocycles. The smallest absolute Gasteiger partial charge is 0.289 e. The molecular weight excluding hydrogens is 473 g/mol. The molecule has 1 aliphatic heterocycles. The lowest BCUT2D eigenvalue weighted by Crippen LogP contribution is -2.49. The molecule has 0 N–H and O–H groups in total. The van der Waals surface area contributed by atoms with E-state index < -0.39 is 15.7 Å². The van der Waals surface area contributed by atoms with Gasteiger partial charge in [-0.3, -0.25) is 4.79 Å². The fourth-order valence-corrected chi connectivity index (χ4v) is 5.29. The van der Waals surface area contributed by atoms with Gasteiger partial charge in [0.2, 0.25) is 26.6 Å². The summed E-state index contributed by atoms with van der Waals surface area (Å²) >= 11 is 0. The van der Waals surface area contributed by atoms with Crippen molar-refractivity contribution in [1.82, 2.24) is 9.88 Å². The number of piperazine rings is 1. The molecule has 5 rings (SSSR count). The summed E-state index contributed by atoms with van der Waals surface area (Å²) in [5.74, 6) is -0.261. The molecule has 10 heteroatoms. The summed E-state index contributed by atoms with van der Waals surface area (Å²) in [4.78, 5) is 20.3. The topological polar surface area (TPSA) is 96.9 Å². The Kier molecular flexibility index (Phi) is 5.89. The van der Waals surface area contributed by atoms with Crippen molar-refractivity contribution in [3.05, 3.63) is 84.1 Å². The van der Waals surface area contributed by atoms with E-state index in [2.05, 4.69) is 4.98 Å². The van der Waals surface area contributed by atoms with Crippen LogP contribution in [-0.4, -0.2) is 50.4 Å². The highest BCUT2D eigenvalue weighted by Crippen LogP contribution is 2.35. The van der Waals surface area contributed by atoms with Crippen LogP contribution >= 0.6 is 0 Å². The van der Waals surface area contributed by atoms with E-state index in [4.69, 9.17) is 8.83 Å². The lowest BCUT2D eigenvalue weighted by Gasteiger charge is -2.34. The third-order valence-corrected chi connectivity index (χ3v) is 7.48. The predicted molar refractivity (Wildman–Crippen MR) is 125 cm³/mol. The fraction of sp³-hybridized carbons (Fsp3) is 0.200. The van der Waals surface area contributed by atoms with Crippen LogP contribution in [-0.2, 0) is 9.84 Å². The molecule has 2 aromatic heterocycles. The summed E-state index contributed by atoms with van der Waals surface area (Å²) in [5.41, 5.74) is 1.61. The van der Waals surface area contributed by atoms with Crippen LogP contribution in [0, 0.1) is 12.7 Å².